The van der Waals surface area contributed by atoms with Crippen molar-refractivity contribution in [1.82, 2.24) is 30.4 Å². The lowest BCUT2D eigenvalue weighted by Gasteiger charge is -2.25. The Kier molecular flexibility index (Phi) is 5.74. The molecule has 0 bridgehead atoms. The van der Waals surface area contributed by atoms with Gasteiger partial charge in [0.25, 0.3) is 0 Å². The highest BCUT2D eigenvalue weighted by molar-refractivity contribution is 5.76. The van der Waals surface area contributed by atoms with E-state index in [1.54, 1.807) is 0 Å². The number of benzene rings is 1. The molecule has 1 aromatic heterocycles. The van der Waals surface area contributed by atoms with Crippen molar-refractivity contribution in [2.45, 2.75) is 44.8 Å². The highest BCUT2D eigenvalue weighted by Crippen LogP contribution is 2.30. The Morgan fingerprint density at radius 1 is 1.26 bits per heavy atom. The summed E-state index contributed by atoms with van der Waals surface area (Å²) in [5.74, 6) is 0.946. The third-order valence-corrected chi connectivity index (χ3v) is 5.32. The molecule has 1 N–H and O–H groups in total. The van der Waals surface area contributed by atoms with Gasteiger partial charge in [0, 0.05) is 26.1 Å². The zero-order valence-electron chi connectivity index (χ0n) is 15.5. The van der Waals surface area contributed by atoms with E-state index in [9.17, 15) is 4.79 Å². The number of aromatic nitrogens is 4. The van der Waals surface area contributed by atoms with Crippen LogP contribution in [0.4, 0.5) is 0 Å². The Balaban J connectivity index is 1.23. The number of carbonyl (C=O) groups excluding carboxylic acids is 1. The van der Waals surface area contributed by atoms with Crippen LogP contribution in [-0.4, -0.2) is 57.3 Å². The number of amides is 1. The summed E-state index contributed by atoms with van der Waals surface area (Å²) >= 11 is 0. The molecule has 27 heavy (non-hydrogen) atoms. The number of rotatable bonds is 7. The highest BCUT2D eigenvalue weighted by Gasteiger charge is 2.23. The highest BCUT2D eigenvalue weighted by atomic mass is 16.5. The minimum Gasteiger partial charge on any atom is -0.379 e. The van der Waals surface area contributed by atoms with Crippen LogP contribution in [0, 0.1) is 0 Å². The molecule has 1 aromatic carbocycles. The first kappa shape index (κ1) is 18.1. The monoisotopic (exact) mass is 370 g/mol. The largest absolute Gasteiger partial charge is 0.379 e. The molecule has 1 aliphatic heterocycles. The first-order chi connectivity index (χ1) is 13.3. The van der Waals surface area contributed by atoms with Crippen LogP contribution in [0.3, 0.4) is 0 Å². The van der Waals surface area contributed by atoms with Crippen molar-refractivity contribution >= 4 is 5.91 Å². The standard InChI is InChI=1S/C19H26N6O2/c26-19(20-17-8-7-15-4-1-2-5-16(15)17)6-3-9-25-18(21-22-23-25)14-24-10-12-27-13-11-24/h1-2,4-5,17H,3,6-14H2,(H,20,26). The fraction of sp³-hybridized carbons (Fsp3) is 0.579. The molecule has 4 rings (SSSR count). The van der Waals surface area contributed by atoms with Gasteiger partial charge in [-0.2, -0.15) is 0 Å². The van der Waals surface area contributed by atoms with Crippen LogP contribution in [0.5, 0.6) is 0 Å². The van der Waals surface area contributed by atoms with E-state index in [4.69, 9.17) is 4.74 Å². The summed E-state index contributed by atoms with van der Waals surface area (Å²) in [6.45, 7) is 4.69. The average Bonchev–Trinajstić information content (AvgIpc) is 3.30. The lowest BCUT2D eigenvalue weighted by molar-refractivity contribution is -0.122. The Morgan fingerprint density at radius 2 is 2.11 bits per heavy atom. The quantitative estimate of drug-likeness (QED) is 0.785. The molecule has 1 unspecified atom stereocenters. The number of hydrogen-bond donors (Lipinski definition) is 1. The van der Waals surface area contributed by atoms with Crippen LogP contribution in [-0.2, 0) is 29.0 Å². The van der Waals surface area contributed by atoms with Gasteiger partial charge in [-0.3, -0.25) is 9.69 Å². The third kappa shape index (κ3) is 4.51. The molecule has 1 amide bonds. The van der Waals surface area contributed by atoms with Gasteiger partial charge in [0.2, 0.25) is 5.91 Å². The second-order valence-corrected chi connectivity index (χ2v) is 7.17. The topological polar surface area (TPSA) is 85.2 Å². The minimum absolute atomic E-state index is 0.0968. The minimum atomic E-state index is 0.0968. The van der Waals surface area contributed by atoms with Gasteiger partial charge in [0.05, 0.1) is 25.8 Å². The first-order valence-corrected chi connectivity index (χ1v) is 9.72. The fourth-order valence-corrected chi connectivity index (χ4v) is 3.83. The van der Waals surface area contributed by atoms with Crippen molar-refractivity contribution in [1.29, 1.82) is 0 Å². The molecule has 1 saturated heterocycles. The van der Waals surface area contributed by atoms with Gasteiger partial charge in [0.15, 0.2) is 5.82 Å². The SMILES string of the molecule is O=C(CCCn1nnnc1CN1CCOCC1)NC1CCc2ccccc21. The van der Waals surface area contributed by atoms with Gasteiger partial charge < -0.3 is 10.1 Å². The van der Waals surface area contributed by atoms with Gasteiger partial charge in [-0.05, 0) is 40.8 Å². The molecule has 1 fully saturated rings. The van der Waals surface area contributed by atoms with Crippen LogP contribution < -0.4 is 5.32 Å². The lowest BCUT2D eigenvalue weighted by Crippen LogP contribution is -2.36. The zero-order chi connectivity index (χ0) is 18.5. The van der Waals surface area contributed by atoms with Crippen LogP contribution in [0.15, 0.2) is 24.3 Å². The van der Waals surface area contributed by atoms with Gasteiger partial charge in [-0.25, -0.2) is 4.68 Å². The number of fused-ring (bicyclic) bond motifs is 1. The number of carbonyl (C=O) groups is 1. The maximum Gasteiger partial charge on any atom is 0.220 e. The molecule has 1 atom stereocenters. The van der Waals surface area contributed by atoms with Crippen molar-refractivity contribution in [2.24, 2.45) is 0 Å². The number of hydrogen-bond acceptors (Lipinski definition) is 6. The molecule has 2 aromatic rings. The molecule has 144 valence electrons. The van der Waals surface area contributed by atoms with Gasteiger partial charge >= 0.3 is 0 Å². The van der Waals surface area contributed by atoms with E-state index in [0.29, 0.717) is 13.0 Å². The predicted octanol–water partition coefficient (Wildman–Crippen LogP) is 1.09. The van der Waals surface area contributed by atoms with E-state index in [-0.39, 0.29) is 11.9 Å². The normalized spacial score (nSPS) is 19.8. The molecule has 1 aliphatic carbocycles. The third-order valence-electron chi connectivity index (χ3n) is 5.32. The number of nitrogens with zero attached hydrogens (tertiary/aromatic N) is 5. The Morgan fingerprint density at radius 3 is 3.00 bits per heavy atom. The summed E-state index contributed by atoms with van der Waals surface area (Å²) in [6.07, 6.45) is 3.23. The number of morpholine rings is 1. The van der Waals surface area contributed by atoms with Crippen molar-refractivity contribution in [3.05, 3.63) is 41.2 Å². The zero-order valence-corrected chi connectivity index (χ0v) is 15.5. The smallest absolute Gasteiger partial charge is 0.220 e. The van der Waals surface area contributed by atoms with Gasteiger partial charge in [-0.15, -0.1) is 5.10 Å². The summed E-state index contributed by atoms with van der Waals surface area (Å²) in [5.41, 5.74) is 2.61. The van der Waals surface area contributed by atoms with Crippen LogP contribution in [0.1, 0.15) is 42.3 Å². The summed E-state index contributed by atoms with van der Waals surface area (Å²) < 4.78 is 7.19. The van der Waals surface area contributed by atoms with E-state index in [1.165, 1.54) is 11.1 Å². The summed E-state index contributed by atoms with van der Waals surface area (Å²) in [6, 6.07) is 8.51. The maximum atomic E-state index is 12.3. The first-order valence-electron chi connectivity index (χ1n) is 9.72. The van der Waals surface area contributed by atoms with Crippen molar-refractivity contribution in [3.8, 4) is 0 Å². The maximum absolute atomic E-state index is 12.3. The molecular weight excluding hydrogens is 344 g/mol. The molecule has 2 aliphatic rings. The summed E-state index contributed by atoms with van der Waals surface area (Å²) in [7, 11) is 0. The van der Waals surface area contributed by atoms with Crippen LogP contribution in [0.2, 0.25) is 0 Å². The van der Waals surface area contributed by atoms with E-state index >= 15 is 0 Å². The van der Waals surface area contributed by atoms with Crippen LogP contribution >= 0.6 is 0 Å². The predicted molar refractivity (Wildman–Crippen MR) is 98.8 cm³/mol. The second-order valence-electron chi connectivity index (χ2n) is 7.17. The molecule has 0 spiro atoms. The molecule has 2 heterocycles. The Labute approximate surface area is 158 Å². The van der Waals surface area contributed by atoms with E-state index in [1.807, 2.05) is 10.7 Å². The van der Waals surface area contributed by atoms with Gasteiger partial charge in [0.1, 0.15) is 0 Å². The van der Waals surface area contributed by atoms with Crippen molar-refractivity contribution in [3.63, 3.8) is 0 Å². The second kappa shape index (κ2) is 8.58. The van der Waals surface area contributed by atoms with Crippen molar-refractivity contribution in [2.75, 3.05) is 26.3 Å². The summed E-state index contributed by atoms with van der Waals surface area (Å²) in [4.78, 5) is 14.6. The average molecular weight is 370 g/mol. The molecular formula is C19H26N6O2. The molecule has 8 nitrogen and oxygen atoms in total. The molecule has 8 heteroatoms. The summed E-state index contributed by atoms with van der Waals surface area (Å²) in [5, 5.41) is 15.2. The molecule has 0 saturated carbocycles. The number of nitrogens with one attached hydrogen (secondary N) is 1. The molecule has 0 radical (unpaired) electrons. The lowest BCUT2D eigenvalue weighted by atomic mass is 10.1. The van der Waals surface area contributed by atoms with Crippen LogP contribution in [0.25, 0.3) is 0 Å². The number of aryl methyl sites for hydroxylation is 2. The number of tetrazole rings is 1. The van der Waals surface area contributed by atoms with E-state index < -0.39 is 0 Å². The fourth-order valence-electron chi connectivity index (χ4n) is 3.83. The Hall–Kier alpha value is -2.32. The van der Waals surface area contributed by atoms with E-state index in [0.717, 1.165) is 57.9 Å². The van der Waals surface area contributed by atoms with Gasteiger partial charge in [-0.1, -0.05) is 24.3 Å². The van der Waals surface area contributed by atoms with Crippen molar-refractivity contribution < 1.29 is 9.53 Å². The Bertz CT molecular complexity index is 771. The van der Waals surface area contributed by atoms with E-state index in [2.05, 4.69) is 43.9 Å². The number of ether oxygens (including phenoxy) is 1.